The fraction of sp³-hybridized carbons (Fsp3) is 0.700. The molecule has 7 heteroatoms. The van der Waals surface area contributed by atoms with Crippen LogP contribution in [0.1, 0.15) is 115 Å². The minimum Gasteiger partial charge on any atom is -0.478 e. The van der Waals surface area contributed by atoms with Gasteiger partial charge in [0.25, 0.3) is 0 Å². The number of benzene rings is 1. The van der Waals surface area contributed by atoms with Crippen molar-refractivity contribution in [2.45, 2.75) is 105 Å². The number of nitrogens with one attached hydrogen (secondary N) is 1. The summed E-state index contributed by atoms with van der Waals surface area (Å²) in [5.74, 6) is 1.85. The van der Waals surface area contributed by atoms with Crippen LogP contribution in [0, 0.1) is 51.2 Å². The van der Waals surface area contributed by atoms with Crippen molar-refractivity contribution in [3.05, 3.63) is 53.6 Å². The van der Waals surface area contributed by atoms with Crippen LogP contribution in [0.4, 0.5) is 0 Å². The molecule has 0 aromatic heterocycles. The highest BCUT2D eigenvalue weighted by Gasteiger charge is 2.70. The van der Waals surface area contributed by atoms with E-state index in [1.165, 1.54) is 36.8 Å². The molecule has 4 fully saturated rings. The first-order valence-electron chi connectivity index (χ1n) is 18.3. The number of carboxylic acids is 1. The summed E-state index contributed by atoms with van der Waals surface area (Å²) < 4.78 is 0. The molecule has 9 atom stereocenters. The third-order valence-electron chi connectivity index (χ3n) is 15.4. The van der Waals surface area contributed by atoms with E-state index >= 15 is 0 Å². The summed E-state index contributed by atoms with van der Waals surface area (Å²) in [7, 11) is 0. The third-order valence-corrected chi connectivity index (χ3v) is 15.4. The Kier molecular flexibility index (Phi) is 7.65. The van der Waals surface area contributed by atoms with Crippen LogP contribution in [-0.4, -0.2) is 47.2 Å². The molecule has 5 aliphatic carbocycles. The molecule has 47 heavy (non-hydrogen) atoms. The number of amides is 1. The van der Waals surface area contributed by atoms with Gasteiger partial charge in [0.05, 0.1) is 18.7 Å². The molecule has 0 bridgehead atoms. The molecule has 0 spiro atoms. The molecule has 7 nitrogen and oxygen atoms in total. The molecule has 1 aliphatic heterocycles. The highest BCUT2D eigenvalue weighted by atomic mass is 16.4. The molecule has 1 heterocycles. The van der Waals surface area contributed by atoms with Gasteiger partial charge in [-0.2, -0.15) is 5.11 Å². The fourth-order valence-electron chi connectivity index (χ4n) is 13.2. The van der Waals surface area contributed by atoms with Gasteiger partial charge in [-0.25, -0.2) is 4.79 Å². The van der Waals surface area contributed by atoms with E-state index < -0.39 is 5.97 Å². The van der Waals surface area contributed by atoms with Crippen LogP contribution in [0.5, 0.6) is 0 Å². The number of carboxylic acid groups (broad SMARTS) is 1. The van der Waals surface area contributed by atoms with E-state index in [1.54, 1.807) is 17.1 Å². The number of carbonyl (C=O) groups is 2. The SMILES string of the molecule is C=C(C)[C@@H]1CC[C@]2(NC(=O)CN3CCN=N3)CC[C@]3(C)[C@H](CC[C@@H]4[C@@]5(C)CC=C(c6ccc(C(=O)O)cc6)C(C)(C)[C@@H]5CC[C@]43C)[C@@H]12. The van der Waals surface area contributed by atoms with E-state index in [2.05, 4.69) is 69.9 Å². The van der Waals surface area contributed by atoms with Crippen LogP contribution in [0.2, 0.25) is 0 Å². The zero-order chi connectivity index (χ0) is 33.6. The maximum atomic E-state index is 13.5. The van der Waals surface area contributed by atoms with Gasteiger partial charge in [-0.05, 0) is 139 Å². The fourth-order valence-corrected chi connectivity index (χ4v) is 13.2. The van der Waals surface area contributed by atoms with Crippen molar-refractivity contribution in [1.29, 1.82) is 0 Å². The Morgan fingerprint density at radius 2 is 1.70 bits per heavy atom. The van der Waals surface area contributed by atoms with Crippen LogP contribution in [0.25, 0.3) is 5.57 Å². The summed E-state index contributed by atoms with van der Waals surface area (Å²) in [4.78, 5) is 25.1. The lowest BCUT2D eigenvalue weighted by Gasteiger charge is -2.72. The van der Waals surface area contributed by atoms with Crippen molar-refractivity contribution in [3.63, 3.8) is 0 Å². The Balaban J connectivity index is 1.19. The predicted molar refractivity (Wildman–Crippen MR) is 185 cm³/mol. The normalized spacial score (nSPS) is 41.6. The molecule has 0 unspecified atom stereocenters. The van der Waals surface area contributed by atoms with Gasteiger partial charge in [0, 0.05) is 5.54 Å². The van der Waals surface area contributed by atoms with Crippen molar-refractivity contribution in [1.82, 2.24) is 10.3 Å². The molecule has 7 rings (SSSR count). The molecule has 1 aromatic rings. The molecule has 0 saturated heterocycles. The molecule has 0 radical (unpaired) electrons. The van der Waals surface area contributed by atoms with E-state index in [0.29, 0.717) is 48.2 Å². The molecule has 4 saturated carbocycles. The second kappa shape index (κ2) is 11.0. The first-order valence-corrected chi connectivity index (χ1v) is 18.3. The van der Waals surface area contributed by atoms with Gasteiger partial charge in [-0.15, -0.1) is 0 Å². The second-order valence-electron chi connectivity index (χ2n) is 17.7. The highest BCUT2D eigenvalue weighted by Crippen LogP contribution is 2.76. The Morgan fingerprint density at radius 1 is 0.957 bits per heavy atom. The van der Waals surface area contributed by atoms with Crippen molar-refractivity contribution in [3.8, 4) is 0 Å². The van der Waals surface area contributed by atoms with Gasteiger partial charge in [0.2, 0.25) is 5.91 Å². The van der Waals surface area contributed by atoms with Gasteiger partial charge in [-0.1, -0.05) is 70.2 Å². The lowest BCUT2D eigenvalue weighted by Crippen LogP contribution is -2.68. The van der Waals surface area contributed by atoms with E-state index in [9.17, 15) is 14.7 Å². The zero-order valence-corrected chi connectivity index (χ0v) is 29.6. The van der Waals surface area contributed by atoms with Crippen LogP contribution in [0.15, 0.2) is 52.8 Å². The zero-order valence-electron chi connectivity index (χ0n) is 29.6. The minimum atomic E-state index is -0.875. The second-order valence-corrected chi connectivity index (χ2v) is 17.7. The predicted octanol–water partition coefficient (Wildman–Crippen LogP) is 8.59. The van der Waals surface area contributed by atoms with E-state index in [4.69, 9.17) is 0 Å². The number of hydrogen-bond acceptors (Lipinski definition) is 5. The van der Waals surface area contributed by atoms with Crippen molar-refractivity contribution in [2.75, 3.05) is 19.6 Å². The van der Waals surface area contributed by atoms with Gasteiger partial charge in [0.15, 0.2) is 0 Å². The summed E-state index contributed by atoms with van der Waals surface area (Å²) >= 11 is 0. The van der Waals surface area contributed by atoms with Gasteiger partial charge < -0.3 is 10.4 Å². The molecule has 1 amide bonds. The number of hydrogen-bond donors (Lipinski definition) is 2. The van der Waals surface area contributed by atoms with Crippen LogP contribution in [-0.2, 0) is 4.79 Å². The monoisotopic (exact) mass is 640 g/mol. The number of aromatic carboxylic acids is 1. The average molecular weight is 641 g/mol. The Morgan fingerprint density at radius 3 is 2.36 bits per heavy atom. The van der Waals surface area contributed by atoms with Gasteiger partial charge >= 0.3 is 5.97 Å². The minimum absolute atomic E-state index is 0.00572. The smallest absolute Gasteiger partial charge is 0.335 e. The molecule has 254 valence electrons. The van der Waals surface area contributed by atoms with E-state index in [-0.39, 0.29) is 33.1 Å². The molecule has 2 N–H and O–H groups in total. The lowest BCUT2D eigenvalue weighted by atomic mass is 9.33. The van der Waals surface area contributed by atoms with Crippen molar-refractivity contribution >= 4 is 17.4 Å². The largest absolute Gasteiger partial charge is 0.478 e. The summed E-state index contributed by atoms with van der Waals surface area (Å²) in [5.41, 5.74) is 4.63. The third kappa shape index (κ3) is 4.71. The quantitative estimate of drug-likeness (QED) is 0.305. The Labute approximate surface area is 281 Å². The molecule has 6 aliphatic rings. The first kappa shape index (κ1) is 32.6. The van der Waals surface area contributed by atoms with Crippen LogP contribution in [0.3, 0.4) is 0 Å². The number of rotatable bonds is 6. The summed E-state index contributed by atoms with van der Waals surface area (Å²) in [6.07, 6.45) is 12.9. The standard InChI is InChI=1S/C40H56N4O3/c1-25(2)28-14-19-40(42-33(45)24-44-23-22-41-43-44)21-20-38(6)30(34(28)40)12-13-32-37(5)17-15-29(26-8-10-27(11-9-26)35(46)47)36(3,4)31(37)16-18-39(32,38)7/h8-11,15,28,30-32,34H,1,12-14,16-24H2,2-7H3,(H,42,45)(H,46,47)/t28-,30+,31-,32+,34+,37-,38+,39+,40-/m0/s1. The number of fused-ring (bicyclic) bond motifs is 7. The maximum Gasteiger partial charge on any atom is 0.335 e. The number of allylic oxidation sites excluding steroid dienone is 3. The number of nitrogens with zero attached hydrogens (tertiary/aromatic N) is 3. The van der Waals surface area contributed by atoms with Crippen LogP contribution >= 0.6 is 0 Å². The van der Waals surface area contributed by atoms with E-state index in [0.717, 1.165) is 44.2 Å². The number of carbonyl (C=O) groups excluding carboxylic acids is 1. The average Bonchev–Trinajstić information content (AvgIpc) is 3.65. The van der Waals surface area contributed by atoms with E-state index in [1.807, 2.05) is 12.1 Å². The molecule has 1 aromatic carbocycles. The summed E-state index contributed by atoms with van der Waals surface area (Å²) in [6, 6.07) is 7.54. The molecular weight excluding hydrogens is 584 g/mol. The topological polar surface area (TPSA) is 94.4 Å². The maximum absolute atomic E-state index is 13.5. The summed E-state index contributed by atoms with van der Waals surface area (Å²) in [5, 5.41) is 23.2. The Hall–Kier alpha value is -2.96. The highest BCUT2D eigenvalue weighted by molar-refractivity contribution is 5.88. The first-order chi connectivity index (χ1) is 22.2. The van der Waals surface area contributed by atoms with Gasteiger partial charge in [0.1, 0.15) is 6.54 Å². The van der Waals surface area contributed by atoms with Crippen LogP contribution < -0.4 is 5.32 Å². The van der Waals surface area contributed by atoms with Gasteiger partial charge in [-0.3, -0.25) is 9.80 Å². The summed E-state index contributed by atoms with van der Waals surface area (Å²) in [6.45, 7) is 21.3. The van der Waals surface area contributed by atoms with Crippen molar-refractivity contribution < 1.29 is 14.7 Å². The molecular formula is C40H56N4O3. The Bertz CT molecular complexity index is 1530. The van der Waals surface area contributed by atoms with Crippen molar-refractivity contribution in [2.24, 2.45) is 61.6 Å². The lowest BCUT2D eigenvalue weighted by molar-refractivity contribution is -0.219.